The smallest absolute Gasteiger partial charge is 0.159 e. The molecule has 1 aromatic carbocycles. The Hall–Kier alpha value is -1.62. The van der Waals surface area contributed by atoms with Crippen LogP contribution in [0.1, 0.15) is 96.8 Å². The minimum Gasteiger partial charge on any atom is -0.494 e. The number of alkyl halides is 1. The van der Waals surface area contributed by atoms with Gasteiger partial charge in [0.2, 0.25) is 0 Å². The van der Waals surface area contributed by atoms with Gasteiger partial charge >= 0.3 is 0 Å². The van der Waals surface area contributed by atoms with E-state index in [9.17, 15) is 0 Å². The molecule has 0 fully saturated rings. The summed E-state index contributed by atoms with van der Waals surface area (Å²) in [5.74, 6) is 2.36. The molecule has 0 aliphatic carbocycles. The molecule has 0 saturated carbocycles. The fourth-order valence-corrected chi connectivity index (χ4v) is 4.16. The van der Waals surface area contributed by atoms with Crippen molar-refractivity contribution < 1.29 is 9.47 Å². The molecule has 2 rings (SSSR count). The molecule has 0 atom stereocenters. The van der Waals surface area contributed by atoms with E-state index in [1.165, 1.54) is 77.0 Å². The molecule has 1 aromatic heterocycles. The molecule has 1 heterocycles. The summed E-state index contributed by atoms with van der Waals surface area (Å²) in [6.45, 7) is 3.73. The minimum atomic E-state index is 0.712. The normalized spacial score (nSPS) is 11.0. The zero-order valence-corrected chi connectivity index (χ0v) is 22.2. The molecule has 0 amide bonds. The van der Waals surface area contributed by atoms with Crippen molar-refractivity contribution >= 4 is 15.9 Å². The third-order valence-electron chi connectivity index (χ3n) is 5.80. The van der Waals surface area contributed by atoms with E-state index < -0.39 is 0 Å². The monoisotopic (exact) mass is 518 g/mol. The van der Waals surface area contributed by atoms with E-state index in [2.05, 4.69) is 32.8 Å². The third-order valence-corrected chi connectivity index (χ3v) is 6.36. The molecule has 0 aliphatic rings. The first-order valence-corrected chi connectivity index (χ1v) is 14.2. The van der Waals surface area contributed by atoms with Crippen molar-refractivity contribution in [2.75, 3.05) is 18.5 Å². The Morgan fingerprint density at radius 3 is 1.64 bits per heavy atom. The van der Waals surface area contributed by atoms with Gasteiger partial charge in [0.25, 0.3) is 0 Å². The van der Waals surface area contributed by atoms with Gasteiger partial charge in [-0.25, -0.2) is 9.97 Å². The Labute approximate surface area is 210 Å². The number of hydrogen-bond donors (Lipinski definition) is 0. The zero-order valence-electron chi connectivity index (χ0n) is 20.6. The summed E-state index contributed by atoms with van der Waals surface area (Å²) >= 11 is 3.49. The van der Waals surface area contributed by atoms with E-state index in [1.807, 2.05) is 24.3 Å². The molecular formula is C28H43BrN2O2. The van der Waals surface area contributed by atoms with Crippen molar-refractivity contribution in [3.8, 4) is 22.9 Å². The van der Waals surface area contributed by atoms with Crippen LogP contribution < -0.4 is 9.47 Å². The summed E-state index contributed by atoms with van der Waals surface area (Å²) in [4.78, 5) is 8.94. The second kappa shape index (κ2) is 18.8. The van der Waals surface area contributed by atoms with Gasteiger partial charge < -0.3 is 9.47 Å². The lowest BCUT2D eigenvalue weighted by atomic mass is 10.1. The Morgan fingerprint density at radius 1 is 0.606 bits per heavy atom. The second-order valence-electron chi connectivity index (χ2n) is 8.75. The number of unbranched alkanes of at least 4 members (excludes halogenated alkanes) is 12. The molecule has 0 N–H and O–H groups in total. The topological polar surface area (TPSA) is 44.2 Å². The maximum atomic E-state index is 5.82. The van der Waals surface area contributed by atoms with Crippen LogP contribution in [-0.4, -0.2) is 28.5 Å². The van der Waals surface area contributed by atoms with Crippen LogP contribution in [0.5, 0.6) is 11.5 Å². The molecule has 0 aliphatic heterocycles. The number of hydrogen-bond acceptors (Lipinski definition) is 4. The predicted octanol–water partition coefficient (Wildman–Crippen LogP) is 8.78. The molecule has 4 nitrogen and oxygen atoms in total. The van der Waals surface area contributed by atoms with E-state index in [0.717, 1.165) is 48.4 Å². The fourth-order valence-electron chi connectivity index (χ4n) is 3.76. The average molecular weight is 520 g/mol. The lowest BCUT2D eigenvalue weighted by Crippen LogP contribution is -1.99. The summed E-state index contributed by atoms with van der Waals surface area (Å²) in [6.07, 6.45) is 21.6. The first kappa shape index (κ1) is 27.6. The van der Waals surface area contributed by atoms with Gasteiger partial charge in [-0.3, -0.25) is 0 Å². The molecule has 0 saturated heterocycles. The van der Waals surface area contributed by atoms with Crippen molar-refractivity contribution in [1.82, 2.24) is 9.97 Å². The van der Waals surface area contributed by atoms with Gasteiger partial charge in [-0.15, -0.1) is 0 Å². The third kappa shape index (κ3) is 13.0. The zero-order chi connectivity index (χ0) is 23.4. The van der Waals surface area contributed by atoms with Crippen molar-refractivity contribution in [2.24, 2.45) is 0 Å². The molecule has 33 heavy (non-hydrogen) atoms. The molecular weight excluding hydrogens is 476 g/mol. The van der Waals surface area contributed by atoms with Crippen LogP contribution in [0.25, 0.3) is 11.4 Å². The molecule has 5 heteroatoms. The largest absolute Gasteiger partial charge is 0.494 e. The van der Waals surface area contributed by atoms with E-state index in [4.69, 9.17) is 9.47 Å². The Morgan fingerprint density at radius 2 is 1.09 bits per heavy atom. The minimum absolute atomic E-state index is 0.712. The van der Waals surface area contributed by atoms with E-state index >= 15 is 0 Å². The van der Waals surface area contributed by atoms with Crippen LogP contribution in [0.2, 0.25) is 0 Å². The molecule has 0 unspecified atom stereocenters. The van der Waals surface area contributed by atoms with Gasteiger partial charge in [0.1, 0.15) is 5.75 Å². The molecule has 0 bridgehead atoms. The van der Waals surface area contributed by atoms with Crippen LogP contribution in [0, 0.1) is 0 Å². The quantitative estimate of drug-likeness (QED) is 0.130. The SMILES string of the molecule is CCCCCCOc1ccc(-c2ncc(OCCCCCCCCCCCCBr)cn2)cc1. The van der Waals surface area contributed by atoms with E-state index in [-0.39, 0.29) is 0 Å². The van der Waals surface area contributed by atoms with Crippen LogP contribution in [0.4, 0.5) is 0 Å². The Balaban J connectivity index is 1.55. The van der Waals surface area contributed by atoms with Crippen LogP contribution >= 0.6 is 15.9 Å². The highest BCUT2D eigenvalue weighted by Crippen LogP contribution is 2.21. The highest BCUT2D eigenvalue weighted by atomic mass is 79.9. The summed E-state index contributed by atoms with van der Waals surface area (Å²) in [5, 5.41) is 1.15. The van der Waals surface area contributed by atoms with Crippen LogP contribution in [0.15, 0.2) is 36.7 Å². The Bertz CT molecular complexity index is 707. The maximum absolute atomic E-state index is 5.82. The van der Waals surface area contributed by atoms with Gasteiger partial charge in [0, 0.05) is 10.9 Å². The number of ether oxygens (including phenoxy) is 2. The number of benzene rings is 1. The van der Waals surface area contributed by atoms with Crippen molar-refractivity contribution in [2.45, 2.75) is 96.8 Å². The molecule has 0 radical (unpaired) electrons. The lowest BCUT2D eigenvalue weighted by Gasteiger charge is -2.08. The first-order chi connectivity index (χ1) is 16.3. The summed E-state index contributed by atoms with van der Waals surface area (Å²) in [6, 6.07) is 8.02. The van der Waals surface area contributed by atoms with Crippen LogP contribution in [-0.2, 0) is 0 Å². The number of aromatic nitrogens is 2. The maximum Gasteiger partial charge on any atom is 0.159 e. The van der Waals surface area contributed by atoms with E-state index in [1.54, 1.807) is 12.4 Å². The van der Waals surface area contributed by atoms with Crippen molar-refractivity contribution in [3.05, 3.63) is 36.7 Å². The summed E-state index contributed by atoms with van der Waals surface area (Å²) < 4.78 is 11.6. The fraction of sp³-hybridized carbons (Fsp3) is 0.643. The van der Waals surface area contributed by atoms with Crippen molar-refractivity contribution in [1.29, 1.82) is 0 Å². The van der Waals surface area contributed by atoms with Gasteiger partial charge in [-0.05, 0) is 43.5 Å². The molecule has 184 valence electrons. The van der Waals surface area contributed by atoms with Crippen LogP contribution in [0.3, 0.4) is 0 Å². The number of nitrogens with zero attached hydrogens (tertiary/aromatic N) is 2. The van der Waals surface area contributed by atoms with Gasteiger partial charge in [-0.1, -0.05) is 93.5 Å². The second-order valence-corrected chi connectivity index (χ2v) is 9.54. The summed E-state index contributed by atoms with van der Waals surface area (Å²) in [5.41, 5.74) is 0.989. The lowest BCUT2D eigenvalue weighted by molar-refractivity contribution is 0.302. The van der Waals surface area contributed by atoms with Crippen molar-refractivity contribution in [3.63, 3.8) is 0 Å². The van der Waals surface area contributed by atoms with E-state index in [0.29, 0.717) is 5.82 Å². The highest BCUT2D eigenvalue weighted by Gasteiger charge is 2.03. The van der Waals surface area contributed by atoms with Gasteiger partial charge in [0.15, 0.2) is 11.6 Å². The highest BCUT2D eigenvalue weighted by molar-refractivity contribution is 9.09. The number of rotatable bonds is 20. The Kier molecular flexibility index (Phi) is 15.7. The van der Waals surface area contributed by atoms with Gasteiger partial charge in [0.05, 0.1) is 25.6 Å². The predicted molar refractivity (Wildman–Crippen MR) is 143 cm³/mol. The average Bonchev–Trinajstić information content (AvgIpc) is 2.85. The molecule has 2 aromatic rings. The standard InChI is InChI=1S/C28H43BrN2O2/c1-2-3-4-14-21-32-26-18-16-25(17-19-26)28-30-23-27(24-31-28)33-22-15-12-10-8-6-5-7-9-11-13-20-29/h16-19,23-24H,2-15,20-22H2,1H3. The number of halogens is 1. The first-order valence-electron chi connectivity index (χ1n) is 13.1. The summed E-state index contributed by atoms with van der Waals surface area (Å²) in [7, 11) is 0. The van der Waals surface area contributed by atoms with Gasteiger partial charge in [-0.2, -0.15) is 0 Å². The molecule has 0 spiro atoms.